The molecule has 19 heavy (non-hydrogen) atoms. The number of amides is 2. The maximum atomic E-state index is 12.4. The summed E-state index contributed by atoms with van der Waals surface area (Å²) in [5.41, 5.74) is 1.78. The second-order valence-corrected chi connectivity index (χ2v) is 4.92. The van der Waals surface area contributed by atoms with Crippen molar-refractivity contribution in [2.24, 2.45) is 0 Å². The van der Waals surface area contributed by atoms with Crippen LogP contribution in [0.4, 0.5) is 0 Å². The van der Waals surface area contributed by atoms with Crippen molar-refractivity contribution >= 4 is 11.8 Å². The predicted molar refractivity (Wildman–Crippen MR) is 73.9 cm³/mol. The van der Waals surface area contributed by atoms with E-state index in [0.717, 1.165) is 18.4 Å². The van der Waals surface area contributed by atoms with Gasteiger partial charge in [-0.3, -0.25) is 9.59 Å². The molecule has 0 bridgehead atoms. The van der Waals surface area contributed by atoms with Gasteiger partial charge >= 0.3 is 0 Å². The molecule has 1 aliphatic rings. The number of carbonyl (C=O) groups excluding carboxylic acids is 2. The van der Waals surface area contributed by atoms with Crippen molar-refractivity contribution in [3.8, 4) is 0 Å². The fourth-order valence-corrected chi connectivity index (χ4v) is 2.44. The molecule has 1 aromatic rings. The SMILES string of the molecule is CCNC(=O)[C@@H]1CCCN1C(=O)c1ccc(C)cc1. The molecule has 2 rings (SSSR count). The van der Waals surface area contributed by atoms with Crippen LogP contribution in [0.15, 0.2) is 24.3 Å². The average molecular weight is 260 g/mol. The van der Waals surface area contributed by atoms with E-state index in [2.05, 4.69) is 5.32 Å². The molecule has 0 aliphatic carbocycles. The Bertz CT molecular complexity index is 468. The number of nitrogens with zero attached hydrogens (tertiary/aromatic N) is 1. The van der Waals surface area contributed by atoms with Crippen molar-refractivity contribution in [1.82, 2.24) is 10.2 Å². The van der Waals surface area contributed by atoms with E-state index in [1.54, 1.807) is 4.90 Å². The number of aryl methyl sites for hydroxylation is 1. The second kappa shape index (κ2) is 5.87. The largest absolute Gasteiger partial charge is 0.355 e. The molecule has 1 aromatic carbocycles. The van der Waals surface area contributed by atoms with Gasteiger partial charge in [-0.1, -0.05) is 17.7 Å². The van der Waals surface area contributed by atoms with Gasteiger partial charge in [0, 0.05) is 18.7 Å². The minimum absolute atomic E-state index is 0.0412. The van der Waals surface area contributed by atoms with Crippen LogP contribution < -0.4 is 5.32 Å². The summed E-state index contributed by atoms with van der Waals surface area (Å²) in [6, 6.07) is 7.18. The van der Waals surface area contributed by atoms with E-state index in [4.69, 9.17) is 0 Å². The molecular weight excluding hydrogens is 240 g/mol. The summed E-state index contributed by atoms with van der Waals surface area (Å²) in [6.07, 6.45) is 1.64. The van der Waals surface area contributed by atoms with Gasteiger partial charge in [-0.15, -0.1) is 0 Å². The Morgan fingerprint density at radius 2 is 2.00 bits per heavy atom. The van der Waals surface area contributed by atoms with Crippen LogP contribution in [-0.4, -0.2) is 35.8 Å². The molecule has 102 valence electrons. The summed E-state index contributed by atoms with van der Waals surface area (Å²) in [5, 5.41) is 2.80. The average Bonchev–Trinajstić information content (AvgIpc) is 2.88. The lowest BCUT2D eigenvalue weighted by atomic mass is 10.1. The molecule has 4 nitrogen and oxygen atoms in total. The maximum Gasteiger partial charge on any atom is 0.254 e. The van der Waals surface area contributed by atoms with Crippen LogP contribution in [0.25, 0.3) is 0 Å². The lowest BCUT2D eigenvalue weighted by Gasteiger charge is -2.23. The van der Waals surface area contributed by atoms with Crippen molar-refractivity contribution in [2.75, 3.05) is 13.1 Å². The van der Waals surface area contributed by atoms with Crippen LogP contribution in [0.2, 0.25) is 0 Å². The highest BCUT2D eigenvalue weighted by Crippen LogP contribution is 2.20. The number of hydrogen-bond donors (Lipinski definition) is 1. The van der Waals surface area contributed by atoms with E-state index < -0.39 is 0 Å². The van der Waals surface area contributed by atoms with Crippen LogP contribution >= 0.6 is 0 Å². The van der Waals surface area contributed by atoms with Gasteiger partial charge in [0.05, 0.1) is 0 Å². The standard InChI is InChI=1S/C15H20N2O2/c1-3-16-14(18)13-5-4-10-17(13)15(19)12-8-6-11(2)7-9-12/h6-9,13H,3-5,10H2,1-2H3,(H,16,18)/t13-/m0/s1. The van der Waals surface area contributed by atoms with Gasteiger partial charge in [-0.2, -0.15) is 0 Å². The van der Waals surface area contributed by atoms with Gasteiger partial charge in [0.2, 0.25) is 5.91 Å². The van der Waals surface area contributed by atoms with Crippen molar-refractivity contribution in [3.05, 3.63) is 35.4 Å². The third-order valence-electron chi connectivity index (χ3n) is 3.47. The first-order chi connectivity index (χ1) is 9.13. The minimum Gasteiger partial charge on any atom is -0.355 e. The number of carbonyl (C=O) groups is 2. The van der Waals surface area contributed by atoms with Gasteiger partial charge < -0.3 is 10.2 Å². The molecule has 2 amide bonds. The third kappa shape index (κ3) is 2.95. The summed E-state index contributed by atoms with van der Waals surface area (Å²) in [4.78, 5) is 26.1. The summed E-state index contributed by atoms with van der Waals surface area (Å²) < 4.78 is 0. The van der Waals surface area contributed by atoms with Crippen LogP contribution in [0, 0.1) is 6.92 Å². The Balaban J connectivity index is 2.13. The van der Waals surface area contributed by atoms with Gasteiger partial charge in [0.1, 0.15) is 6.04 Å². The molecule has 4 heteroatoms. The van der Waals surface area contributed by atoms with Gasteiger partial charge in [-0.05, 0) is 38.8 Å². The summed E-state index contributed by atoms with van der Waals surface area (Å²) in [6.45, 7) is 5.14. The number of nitrogens with one attached hydrogen (secondary N) is 1. The van der Waals surface area contributed by atoms with Crippen molar-refractivity contribution < 1.29 is 9.59 Å². The van der Waals surface area contributed by atoms with Crippen molar-refractivity contribution in [3.63, 3.8) is 0 Å². The first kappa shape index (κ1) is 13.6. The second-order valence-electron chi connectivity index (χ2n) is 4.92. The monoisotopic (exact) mass is 260 g/mol. The zero-order chi connectivity index (χ0) is 13.8. The highest BCUT2D eigenvalue weighted by molar-refractivity contribution is 5.97. The maximum absolute atomic E-state index is 12.4. The summed E-state index contributed by atoms with van der Waals surface area (Å²) in [5.74, 6) is -0.0887. The van der Waals surface area contributed by atoms with Crippen LogP contribution in [0.3, 0.4) is 0 Å². The number of rotatable bonds is 3. The fourth-order valence-electron chi connectivity index (χ4n) is 2.44. The number of likely N-dealkylation sites (tertiary alicyclic amines) is 1. The van der Waals surface area contributed by atoms with E-state index in [0.29, 0.717) is 18.7 Å². The van der Waals surface area contributed by atoms with Crippen LogP contribution in [0.1, 0.15) is 35.7 Å². The van der Waals surface area contributed by atoms with Crippen LogP contribution in [-0.2, 0) is 4.79 Å². The van der Waals surface area contributed by atoms with Gasteiger partial charge in [0.25, 0.3) is 5.91 Å². The molecular formula is C15H20N2O2. The van der Waals surface area contributed by atoms with E-state index in [1.807, 2.05) is 38.1 Å². The number of benzene rings is 1. The molecule has 1 fully saturated rings. The van der Waals surface area contributed by atoms with Gasteiger partial charge in [-0.25, -0.2) is 0 Å². The molecule has 1 N–H and O–H groups in total. The smallest absolute Gasteiger partial charge is 0.254 e. The lowest BCUT2D eigenvalue weighted by Crippen LogP contribution is -2.45. The number of likely N-dealkylation sites (N-methyl/N-ethyl adjacent to an activating group) is 1. The zero-order valence-electron chi connectivity index (χ0n) is 11.5. The van der Waals surface area contributed by atoms with Gasteiger partial charge in [0.15, 0.2) is 0 Å². The van der Waals surface area contributed by atoms with Crippen LogP contribution in [0.5, 0.6) is 0 Å². The molecule has 1 heterocycles. The Morgan fingerprint density at radius 1 is 1.32 bits per heavy atom. The van der Waals surface area contributed by atoms with E-state index in [1.165, 1.54) is 0 Å². The third-order valence-corrected chi connectivity index (χ3v) is 3.47. The normalized spacial score (nSPS) is 18.4. The highest BCUT2D eigenvalue weighted by atomic mass is 16.2. The molecule has 0 unspecified atom stereocenters. The zero-order valence-corrected chi connectivity index (χ0v) is 11.5. The number of hydrogen-bond acceptors (Lipinski definition) is 2. The Morgan fingerprint density at radius 3 is 2.63 bits per heavy atom. The van der Waals surface area contributed by atoms with Crippen molar-refractivity contribution in [2.45, 2.75) is 32.7 Å². The Kier molecular flexibility index (Phi) is 4.20. The summed E-state index contributed by atoms with van der Waals surface area (Å²) in [7, 11) is 0. The molecule has 0 radical (unpaired) electrons. The lowest BCUT2D eigenvalue weighted by molar-refractivity contribution is -0.124. The summed E-state index contributed by atoms with van der Waals surface area (Å²) >= 11 is 0. The fraction of sp³-hybridized carbons (Fsp3) is 0.467. The van der Waals surface area contributed by atoms with E-state index in [9.17, 15) is 9.59 Å². The Hall–Kier alpha value is -1.84. The predicted octanol–water partition coefficient (Wildman–Crippen LogP) is 1.74. The first-order valence-electron chi connectivity index (χ1n) is 6.79. The molecule has 1 saturated heterocycles. The molecule has 0 spiro atoms. The molecule has 0 saturated carbocycles. The van der Waals surface area contributed by atoms with Crippen molar-refractivity contribution in [1.29, 1.82) is 0 Å². The minimum atomic E-state index is -0.311. The molecule has 1 aliphatic heterocycles. The van der Waals surface area contributed by atoms with E-state index >= 15 is 0 Å². The quantitative estimate of drug-likeness (QED) is 0.900. The van der Waals surface area contributed by atoms with E-state index in [-0.39, 0.29) is 17.9 Å². The molecule has 1 atom stereocenters. The Labute approximate surface area is 113 Å². The topological polar surface area (TPSA) is 49.4 Å². The highest BCUT2D eigenvalue weighted by Gasteiger charge is 2.34. The first-order valence-corrected chi connectivity index (χ1v) is 6.79. The molecule has 0 aromatic heterocycles.